The highest BCUT2D eigenvalue weighted by Gasteiger charge is 2.63. The number of aromatic nitrogens is 1. The first-order valence-electron chi connectivity index (χ1n) is 12.8. The average molecular weight is 438 g/mol. The second-order valence-corrected chi connectivity index (χ2v) is 11.7. The second kappa shape index (κ2) is 7.85. The van der Waals surface area contributed by atoms with Crippen LogP contribution in [0.5, 0.6) is 0 Å². The van der Waals surface area contributed by atoms with E-state index in [9.17, 15) is 9.59 Å². The van der Waals surface area contributed by atoms with E-state index in [1.165, 1.54) is 32.1 Å². The van der Waals surface area contributed by atoms with Gasteiger partial charge >= 0.3 is 0 Å². The normalized spacial score (nSPS) is 43.3. The molecular weight excluding hydrogens is 398 g/mol. The molecule has 3 aliphatic carbocycles. The Labute approximate surface area is 192 Å². The van der Waals surface area contributed by atoms with Gasteiger partial charge in [0.2, 0.25) is 11.8 Å². The molecular formula is C27H39N3O2. The van der Waals surface area contributed by atoms with Crippen LogP contribution in [0.4, 0.5) is 5.82 Å². The molecule has 2 N–H and O–H groups in total. The number of pyridine rings is 1. The lowest BCUT2D eigenvalue weighted by atomic mass is 9.45. The molecule has 8 atom stereocenters. The van der Waals surface area contributed by atoms with Gasteiger partial charge in [0.25, 0.3) is 0 Å². The summed E-state index contributed by atoms with van der Waals surface area (Å²) in [6, 6.07) is 6.16. The standard InChI is InChI=1S/C27H39N3O2/c1-17-16-25(32)30(24-6-4-5-15-29-24)22-11-9-19-20-10-7-18(8-12-23(28)31)26(20,2)14-13-21(19)27(17,22)3/h4-6,15,17-22H,7-14,16H2,1-3H3,(H2,28,31)/t17?,18-,19+,20+,21+,22-,26-,27-/m1/s1. The third kappa shape index (κ3) is 3.13. The van der Waals surface area contributed by atoms with Crippen LogP contribution in [0.2, 0.25) is 0 Å². The summed E-state index contributed by atoms with van der Waals surface area (Å²) in [6.45, 7) is 7.32. The van der Waals surface area contributed by atoms with Crippen LogP contribution in [-0.4, -0.2) is 22.8 Å². The van der Waals surface area contributed by atoms with Gasteiger partial charge < -0.3 is 5.73 Å². The van der Waals surface area contributed by atoms with E-state index in [1.807, 2.05) is 18.2 Å². The number of fused-ring (bicyclic) bond motifs is 5. The van der Waals surface area contributed by atoms with Crippen molar-refractivity contribution in [3.63, 3.8) is 0 Å². The van der Waals surface area contributed by atoms with Gasteiger partial charge in [-0.05, 0) is 97.5 Å². The summed E-state index contributed by atoms with van der Waals surface area (Å²) in [6.07, 6.45) is 11.2. The van der Waals surface area contributed by atoms with Crippen LogP contribution in [-0.2, 0) is 9.59 Å². The van der Waals surface area contributed by atoms with Crippen LogP contribution in [0, 0.1) is 40.4 Å². The fourth-order valence-corrected chi connectivity index (χ4v) is 8.91. The van der Waals surface area contributed by atoms with E-state index in [-0.39, 0.29) is 23.3 Å². The maximum absolute atomic E-state index is 13.2. The molecule has 5 heteroatoms. The van der Waals surface area contributed by atoms with E-state index in [0.29, 0.717) is 36.0 Å². The van der Waals surface area contributed by atoms with Crippen molar-refractivity contribution in [1.29, 1.82) is 0 Å². The first-order valence-corrected chi connectivity index (χ1v) is 12.8. The van der Waals surface area contributed by atoms with Gasteiger partial charge in [0.05, 0.1) is 0 Å². The van der Waals surface area contributed by atoms with Crippen molar-refractivity contribution < 1.29 is 9.59 Å². The van der Waals surface area contributed by atoms with Gasteiger partial charge in [-0.2, -0.15) is 0 Å². The van der Waals surface area contributed by atoms with Gasteiger partial charge in [-0.25, -0.2) is 4.98 Å². The molecule has 1 unspecified atom stereocenters. The maximum atomic E-state index is 13.2. The van der Waals surface area contributed by atoms with Crippen molar-refractivity contribution in [2.75, 3.05) is 4.90 Å². The fraction of sp³-hybridized carbons (Fsp3) is 0.741. The number of rotatable bonds is 4. The van der Waals surface area contributed by atoms with E-state index >= 15 is 0 Å². The minimum atomic E-state index is -0.158. The lowest BCUT2D eigenvalue weighted by molar-refractivity contribution is -0.140. The maximum Gasteiger partial charge on any atom is 0.228 e. The molecule has 5 rings (SSSR count). The predicted molar refractivity (Wildman–Crippen MR) is 126 cm³/mol. The molecule has 0 spiro atoms. The number of nitrogens with two attached hydrogens (primary N) is 1. The molecule has 4 aliphatic rings. The molecule has 1 aromatic rings. The van der Waals surface area contributed by atoms with Gasteiger partial charge in [0.15, 0.2) is 0 Å². The number of amides is 2. The molecule has 5 nitrogen and oxygen atoms in total. The van der Waals surface area contributed by atoms with Crippen molar-refractivity contribution in [3.05, 3.63) is 24.4 Å². The van der Waals surface area contributed by atoms with Gasteiger partial charge in [0, 0.05) is 25.1 Å². The Morgan fingerprint density at radius 1 is 1.16 bits per heavy atom. The number of hydrogen-bond donors (Lipinski definition) is 1. The number of anilines is 1. The Hall–Kier alpha value is -1.91. The third-order valence-corrected chi connectivity index (χ3v) is 10.7. The number of hydrogen-bond acceptors (Lipinski definition) is 3. The number of nitrogens with zero attached hydrogens (tertiary/aromatic N) is 2. The molecule has 1 saturated heterocycles. The molecule has 32 heavy (non-hydrogen) atoms. The lowest BCUT2D eigenvalue weighted by Crippen LogP contribution is -2.65. The molecule has 1 aliphatic heterocycles. The summed E-state index contributed by atoms with van der Waals surface area (Å²) in [5.41, 5.74) is 5.96. The molecule has 0 aromatic carbocycles. The van der Waals surface area contributed by atoms with E-state index in [2.05, 4.69) is 30.7 Å². The average Bonchev–Trinajstić information content (AvgIpc) is 3.10. The summed E-state index contributed by atoms with van der Waals surface area (Å²) >= 11 is 0. The molecule has 2 heterocycles. The number of carbonyl (C=O) groups excluding carboxylic acids is 2. The first kappa shape index (κ1) is 21.9. The van der Waals surface area contributed by atoms with Crippen LogP contribution in [0.15, 0.2) is 24.4 Å². The lowest BCUT2D eigenvalue weighted by Gasteiger charge is -2.64. The third-order valence-electron chi connectivity index (χ3n) is 10.7. The summed E-state index contributed by atoms with van der Waals surface area (Å²) in [7, 11) is 0. The van der Waals surface area contributed by atoms with E-state index in [1.54, 1.807) is 6.20 Å². The van der Waals surface area contributed by atoms with Crippen molar-refractivity contribution in [1.82, 2.24) is 4.98 Å². The minimum absolute atomic E-state index is 0.126. The highest BCUT2D eigenvalue weighted by Crippen LogP contribution is 2.67. The Morgan fingerprint density at radius 3 is 2.69 bits per heavy atom. The minimum Gasteiger partial charge on any atom is -0.370 e. The molecule has 3 saturated carbocycles. The quantitative estimate of drug-likeness (QED) is 0.724. The second-order valence-electron chi connectivity index (χ2n) is 11.7. The summed E-state index contributed by atoms with van der Waals surface area (Å²) in [5, 5.41) is 0. The van der Waals surface area contributed by atoms with Crippen LogP contribution < -0.4 is 10.6 Å². The number of carbonyl (C=O) groups is 2. The predicted octanol–water partition coefficient (Wildman–Crippen LogP) is 4.95. The summed E-state index contributed by atoms with van der Waals surface area (Å²) in [4.78, 5) is 31.3. The van der Waals surface area contributed by atoms with Crippen LogP contribution in [0.3, 0.4) is 0 Å². The highest BCUT2D eigenvalue weighted by atomic mass is 16.2. The van der Waals surface area contributed by atoms with Crippen molar-refractivity contribution >= 4 is 17.6 Å². The number of piperidine rings is 1. The fourth-order valence-electron chi connectivity index (χ4n) is 8.91. The van der Waals surface area contributed by atoms with Crippen LogP contribution >= 0.6 is 0 Å². The van der Waals surface area contributed by atoms with Crippen LogP contribution in [0.25, 0.3) is 0 Å². The molecule has 1 aromatic heterocycles. The van der Waals surface area contributed by atoms with Gasteiger partial charge in [-0.3, -0.25) is 14.5 Å². The van der Waals surface area contributed by atoms with E-state index in [0.717, 1.165) is 30.5 Å². The molecule has 0 radical (unpaired) electrons. The van der Waals surface area contributed by atoms with Crippen molar-refractivity contribution in [2.45, 2.75) is 84.6 Å². The van der Waals surface area contributed by atoms with Crippen LogP contribution in [0.1, 0.15) is 78.6 Å². The molecule has 174 valence electrons. The Bertz CT molecular complexity index is 888. The molecule has 0 bridgehead atoms. The first-order chi connectivity index (χ1) is 15.3. The number of primary amides is 1. The molecule has 2 amide bonds. The zero-order valence-corrected chi connectivity index (χ0v) is 19.9. The topological polar surface area (TPSA) is 76.3 Å². The zero-order chi connectivity index (χ0) is 22.7. The van der Waals surface area contributed by atoms with Gasteiger partial charge in [-0.15, -0.1) is 0 Å². The zero-order valence-electron chi connectivity index (χ0n) is 19.9. The SMILES string of the molecule is CC1CC(=O)N(c2ccccn2)[C@@H]2CC[C@H]3[C@@H]4CC[C@H](CCC(N)=O)[C@@]4(C)CC[C@@H]3[C@@]12C. The monoisotopic (exact) mass is 437 g/mol. The molecule has 4 fully saturated rings. The van der Waals surface area contributed by atoms with Gasteiger partial charge in [0.1, 0.15) is 5.82 Å². The Kier molecular flexibility index (Phi) is 5.37. The van der Waals surface area contributed by atoms with E-state index in [4.69, 9.17) is 5.73 Å². The Morgan fingerprint density at radius 2 is 1.97 bits per heavy atom. The largest absolute Gasteiger partial charge is 0.370 e. The van der Waals surface area contributed by atoms with Gasteiger partial charge in [-0.1, -0.05) is 26.8 Å². The summed E-state index contributed by atoms with van der Waals surface area (Å²) < 4.78 is 0. The smallest absolute Gasteiger partial charge is 0.228 e. The van der Waals surface area contributed by atoms with Crippen molar-refractivity contribution in [3.8, 4) is 0 Å². The Balaban J connectivity index is 1.44. The van der Waals surface area contributed by atoms with Crippen molar-refractivity contribution in [2.24, 2.45) is 46.2 Å². The van der Waals surface area contributed by atoms with E-state index < -0.39 is 0 Å². The highest BCUT2D eigenvalue weighted by molar-refractivity contribution is 5.94. The summed E-state index contributed by atoms with van der Waals surface area (Å²) in [5.74, 6) is 4.06.